The van der Waals surface area contributed by atoms with Crippen LogP contribution in [0.3, 0.4) is 0 Å². The monoisotopic (exact) mass is 334 g/mol. The van der Waals surface area contributed by atoms with Crippen molar-refractivity contribution in [2.24, 2.45) is 4.99 Å². The van der Waals surface area contributed by atoms with E-state index in [1.165, 1.54) is 48.2 Å². The highest BCUT2D eigenvalue weighted by atomic mass is 15.0. The molecule has 1 heterocycles. The van der Waals surface area contributed by atoms with Crippen molar-refractivity contribution in [2.75, 3.05) is 13.1 Å². The summed E-state index contributed by atoms with van der Waals surface area (Å²) in [4.78, 5) is 4.78. The molecule has 2 nitrogen and oxygen atoms in total. The maximum Gasteiger partial charge on any atom is 0.0963 e. The summed E-state index contributed by atoms with van der Waals surface area (Å²) in [5.41, 5.74) is 4.14. The topological polar surface area (TPSA) is 24.4 Å². The minimum Gasteiger partial charge on any atom is -0.373 e. The fourth-order valence-corrected chi connectivity index (χ4v) is 3.51. The van der Waals surface area contributed by atoms with Crippen molar-refractivity contribution in [1.82, 2.24) is 5.32 Å². The Hall–Kier alpha value is -2.09. The van der Waals surface area contributed by atoms with Gasteiger partial charge < -0.3 is 5.32 Å². The first-order chi connectivity index (χ1) is 12.4. The number of nitrogens with zero attached hydrogens (tertiary/aromatic N) is 1. The molecule has 0 aliphatic carbocycles. The Labute approximate surface area is 152 Å². The molecule has 0 saturated heterocycles. The molecule has 1 aliphatic heterocycles. The van der Waals surface area contributed by atoms with Crippen LogP contribution in [0.25, 0.3) is 0 Å². The number of nitrogens with one attached hydrogen (secondary N) is 1. The van der Waals surface area contributed by atoms with Gasteiger partial charge in [-0.15, -0.1) is 0 Å². The van der Waals surface area contributed by atoms with Crippen molar-refractivity contribution in [1.29, 1.82) is 0 Å². The van der Waals surface area contributed by atoms with Gasteiger partial charge in [0.15, 0.2) is 0 Å². The van der Waals surface area contributed by atoms with Gasteiger partial charge in [-0.1, -0.05) is 74.4 Å². The van der Waals surface area contributed by atoms with Crippen molar-refractivity contribution in [3.05, 3.63) is 71.3 Å². The second kappa shape index (κ2) is 9.41. The van der Waals surface area contributed by atoms with Crippen molar-refractivity contribution in [3.8, 4) is 0 Å². The van der Waals surface area contributed by atoms with Crippen LogP contribution >= 0.6 is 0 Å². The lowest BCUT2D eigenvalue weighted by molar-refractivity contribution is 0.629. The fraction of sp³-hybridized carbons (Fsp3) is 0.435. The van der Waals surface area contributed by atoms with Gasteiger partial charge in [-0.05, 0) is 36.0 Å². The minimum absolute atomic E-state index is 0.361. The molecule has 2 aromatic rings. The van der Waals surface area contributed by atoms with Gasteiger partial charge in [-0.2, -0.15) is 0 Å². The standard InChI is InChI=1S/C23H30N2/c1-2-19-13-15-21(16-14-19)22(20-10-6-5-7-11-20)18-25-23-12-8-3-4-9-17-24-23/h5-7,10-11,13-16,22H,2-4,8-9,12,17-18H2,1H3,(H,24,25). The number of amidine groups is 1. The van der Waals surface area contributed by atoms with E-state index in [2.05, 4.69) is 66.8 Å². The van der Waals surface area contributed by atoms with Crippen LogP contribution in [0.1, 0.15) is 61.6 Å². The molecule has 0 amide bonds. The molecule has 1 atom stereocenters. The lowest BCUT2D eigenvalue weighted by Gasteiger charge is -2.21. The van der Waals surface area contributed by atoms with Gasteiger partial charge in [0.1, 0.15) is 0 Å². The van der Waals surface area contributed by atoms with Crippen molar-refractivity contribution < 1.29 is 0 Å². The Morgan fingerprint density at radius 2 is 1.60 bits per heavy atom. The summed E-state index contributed by atoms with van der Waals surface area (Å²) in [6.07, 6.45) is 7.33. The molecule has 1 N–H and O–H groups in total. The molecule has 0 aromatic heterocycles. The Balaban J connectivity index is 1.76. The first-order valence-corrected chi connectivity index (χ1v) is 9.78. The zero-order valence-corrected chi connectivity index (χ0v) is 15.4. The number of rotatable bonds is 5. The molecule has 0 saturated carbocycles. The molecule has 132 valence electrons. The van der Waals surface area contributed by atoms with Gasteiger partial charge in [-0.25, -0.2) is 0 Å². The van der Waals surface area contributed by atoms with Crippen LogP contribution in [0.15, 0.2) is 59.6 Å². The Morgan fingerprint density at radius 3 is 2.36 bits per heavy atom. The third kappa shape index (κ3) is 5.19. The van der Waals surface area contributed by atoms with E-state index >= 15 is 0 Å². The van der Waals surface area contributed by atoms with Crippen LogP contribution < -0.4 is 5.32 Å². The smallest absolute Gasteiger partial charge is 0.0963 e. The number of hydrogen-bond acceptors (Lipinski definition) is 2. The molecule has 1 unspecified atom stereocenters. The molecule has 1 aliphatic rings. The van der Waals surface area contributed by atoms with E-state index in [1.807, 2.05) is 0 Å². The van der Waals surface area contributed by atoms with Crippen LogP contribution in [-0.2, 0) is 6.42 Å². The van der Waals surface area contributed by atoms with Crippen LogP contribution in [0.5, 0.6) is 0 Å². The van der Waals surface area contributed by atoms with Gasteiger partial charge in [-0.3, -0.25) is 4.99 Å². The van der Waals surface area contributed by atoms with E-state index in [0.29, 0.717) is 5.92 Å². The highest BCUT2D eigenvalue weighted by Crippen LogP contribution is 2.24. The predicted octanol–water partition coefficient (Wildman–Crippen LogP) is 5.33. The highest BCUT2D eigenvalue weighted by molar-refractivity contribution is 5.82. The van der Waals surface area contributed by atoms with E-state index in [1.54, 1.807) is 0 Å². The number of aliphatic imine (C=N–C) groups is 1. The predicted molar refractivity (Wildman–Crippen MR) is 107 cm³/mol. The second-order valence-corrected chi connectivity index (χ2v) is 6.93. The van der Waals surface area contributed by atoms with Crippen molar-refractivity contribution in [2.45, 2.75) is 51.4 Å². The van der Waals surface area contributed by atoms with E-state index in [9.17, 15) is 0 Å². The summed E-state index contributed by atoms with van der Waals surface area (Å²) in [7, 11) is 0. The summed E-state index contributed by atoms with van der Waals surface area (Å²) in [5, 5.41) is 3.67. The minimum atomic E-state index is 0.361. The third-order valence-electron chi connectivity index (χ3n) is 5.13. The molecule has 2 aromatic carbocycles. The van der Waals surface area contributed by atoms with E-state index < -0.39 is 0 Å². The average Bonchev–Trinajstić information content (AvgIpc) is 2.64. The number of benzene rings is 2. The normalized spacial score (nSPS) is 16.4. The molecular formula is C23H30N2. The largest absolute Gasteiger partial charge is 0.373 e. The molecule has 25 heavy (non-hydrogen) atoms. The van der Waals surface area contributed by atoms with Crippen molar-refractivity contribution in [3.63, 3.8) is 0 Å². The summed E-state index contributed by atoms with van der Waals surface area (Å²) in [5.74, 6) is 1.56. The summed E-state index contributed by atoms with van der Waals surface area (Å²) in [6, 6.07) is 19.9. The Morgan fingerprint density at radius 1 is 0.880 bits per heavy atom. The molecule has 2 heteroatoms. The summed E-state index contributed by atoms with van der Waals surface area (Å²) >= 11 is 0. The van der Waals surface area contributed by atoms with Crippen LogP contribution in [0.2, 0.25) is 0 Å². The van der Waals surface area contributed by atoms with Gasteiger partial charge in [0, 0.05) is 25.4 Å². The van der Waals surface area contributed by atoms with Gasteiger partial charge in [0.2, 0.25) is 0 Å². The molecule has 3 rings (SSSR count). The average molecular weight is 335 g/mol. The zero-order valence-electron chi connectivity index (χ0n) is 15.4. The van der Waals surface area contributed by atoms with Crippen molar-refractivity contribution >= 4 is 5.84 Å². The molecule has 0 spiro atoms. The second-order valence-electron chi connectivity index (χ2n) is 6.93. The fourth-order valence-electron chi connectivity index (χ4n) is 3.51. The van der Waals surface area contributed by atoms with E-state index in [0.717, 1.165) is 25.9 Å². The first kappa shape index (κ1) is 17.7. The van der Waals surface area contributed by atoms with Crippen LogP contribution in [-0.4, -0.2) is 18.9 Å². The van der Waals surface area contributed by atoms with E-state index in [-0.39, 0.29) is 0 Å². The lowest BCUT2D eigenvalue weighted by atomic mass is 9.90. The van der Waals surface area contributed by atoms with Gasteiger partial charge in [0.05, 0.1) is 5.84 Å². The first-order valence-electron chi connectivity index (χ1n) is 9.78. The highest BCUT2D eigenvalue weighted by Gasteiger charge is 2.15. The Bertz CT molecular complexity index is 658. The zero-order chi connectivity index (χ0) is 17.3. The van der Waals surface area contributed by atoms with Crippen LogP contribution in [0.4, 0.5) is 0 Å². The van der Waals surface area contributed by atoms with Gasteiger partial charge in [0.25, 0.3) is 0 Å². The maximum atomic E-state index is 4.78. The summed E-state index contributed by atoms with van der Waals surface area (Å²) < 4.78 is 0. The molecule has 0 radical (unpaired) electrons. The van der Waals surface area contributed by atoms with E-state index in [4.69, 9.17) is 4.99 Å². The quantitative estimate of drug-likeness (QED) is 0.785. The summed E-state index contributed by atoms with van der Waals surface area (Å²) in [6.45, 7) is 4.09. The SMILES string of the molecule is CCc1ccc(C(CNC2=NCCCCCC2)c2ccccc2)cc1. The number of hydrogen-bond donors (Lipinski definition) is 1. The maximum absolute atomic E-state index is 4.78. The number of aryl methyl sites for hydroxylation is 1. The molecule has 0 fully saturated rings. The third-order valence-corrected chi connectivity index (χ3v) is 5.13. The molecule has 0 bridgehead atoms. The molecular weight excluding hydrogens is 304 g/mol. The van der Waals surface area contributed by atoms with Gasteiger partial charge >= 0.3 is 0 Å². The lowest BCUT2D eigenvalue weighted by Crippen LogP contribution is -2.29. The Kier molecular flexibility index (Phi) is 6.67. The van der Waals surface area contributed by atoms with Crippen LogP contribution in [0, 0.1) is 0 Å².